The maximum absolute atomic E-state index is 13.9. The number of nitro benzene ring substituents is 1. The van der Waals surface area contributed by atoms with E-state index in [0.29, 0.717) is 24.6 Å². The number of carbonyl (C=O) groups excluding carboxylic acids is 1. The van der Waals surface area contributed by atoms with Gasteiger partial charge in [0.05, 0.1) is 16.6 Å². The molecule has 0 radical (unpaired) electrons. The van der Waals surface area contributed by atoms with Gasteiger partial charge in [-0.1, -0.05) is 19.3 Å². The van der Waals surface area contributed by atoms with Crippen molar-refractivity contribution in [2.75, 3.05) is 6.54 Å². The normalized spacial score (nSPS) is 15.7. The number of nitrogens with one attached hydrogen (secondary N) is 1. The number of nitro groups is 1. The summed E-state index contributed by atoms with van der Waals surface area (Å²) >= 11 is 0. The Bertz CT molecular complexity index is 557. The Morgan fingerprint density at radius 1 is 1.29 bits per heavy atom. The van der Waals surface area contributed by atoms with Gasteiger partial charge in [0.2, 0.25) is 5.82 Å². The van der Waals surface area contributed by atoms with Crippen LogP contribution in [0.1, 0.15) is 42.5 Å². The molecular formula is C14H16F2N2O3. The molecule has 0 saturated heterocycles. The second-order valence-corrected chi connectivity index (χ2v) is 5.26. The molecule has 0 bridgehead atoms. The first-order valence-corrected chi connectivity index (χ1v) is 6.90. The minimum absolute atomic E-state index is 0.328. The van der Waals surface area contributed by atoms with Gasteiger partial charge in [-0.05, 0) is 24.8 Å². The minimum Gasteiger partial charge on any atom is -0.352 e. The first-order chi connectivity index (χ1) is 9.99. The van der Waals surface area contributed by atoms with Crippen LogP contribution in [0.5, 0.6) is 0 Å². The SMILES string of the molecule is O=C(NCC1CCCCC1)c1cc(F)cc([N+](=O)[O-])c1F. The summed E-state index contributed by atoms with van der Waals surface area (Å²) in [4.78, 5) is 21.5. The van der Waals surface area contributed by atoms with E-state index in [-0.39, 0.29) is 0 Å². The molecule has 1 saturated carbocycles. The zero-order valence-corrected chi connectivity index (χ0v) is 11.4. The molecule has 1 amide bonds. The van der Waals surface area contributed by atoms with Gasteiger partial charge in [0, 0.05) is 6.54 Å². The van der Waals surface area contributed by atoms with Crippen molar-refractivity contribution in [3.05, 3.63) is 39.4 Å². The molecule has 1 fully saturated rings. The van der Waals surface area contributed by atoms with E-state index in [2.05, 4.69) is 5.32 Å². The predicted molar refractivity (Wildman–Crippen MR) is 71.9 cm³/mol. The second kappa shape index (κ2) is 6.60. The smallest absolute Gasteiger partial charge is 0.308 e. The predicted octanol–water partition coefficient (Wildman–Crippen LogP) is 3.18. The van der Waals surface area contributed by atoms with Gasteiger partial charge in [0.25, 0.3) is 5.91 Å². The summed E-state index contributed by atoms with van der Waals surface area (Å²) in [6.45, 7) is 0.378. The van der Waals surface area contributed by atoms with Crippen molar-refractivity contribution < 1.29 is 18.5 Å². The van der Waals surface area contributed by atoms with Crippen molar-refractivity contribution in [2.45, 2.75) is 32.1 Å². The monoisotopic (exact) mass is 298 g/mol. The van der Waals surface area contributed by atoms with Crippen LogP contribution in [0, 0.1) is 27.7 Å². The molecular weight excluding hydrogens is 282 g/mol. The number of benzene rings is 1. The van der Waals surface area contributed by atoms with E-state index in [1.54, 1.807) is 0 Å². The molecule has 1 N–H and O–H groups in total. The van der Waals surface area contributed by atoms with Gasteiger partial charge < -0.3 is 5.32 Å². The Balaban J connectivity index is 2.09. The van der Waals surface area contributed by atoms with E-state index < -0.39 is 33.7 Å². The average molecular weight is 298 g/mol. The zero-order chi connectivity index (χ0) is 15.4. The number of hydrogen-bond donors (Lipinski definition) is 1. The largest absolute Gasteiger partial charge is 0.352 e. The third kappa shape index (κ3) is 3.74. The number of halogens is 2. The molecule has 1 aromatic carbocycles. The van der Waals surface area contributed by atoms with Crippen LogP contribution in [-0.2, 0) is 0 Å². The van der Waals surface area contributed by atoms with Crippen LogP contribution in [0.25, 0.3) is 0 Å². The summed E-state index contributed by atoms with van der Waals surface area (Å²) in [6.07, 6.45) is 5.36. The van der Waals surface area contributed by atoms with Gasteiger partial charge in [0.1, 0.15) is 5.82 Å². The fourth-order valence-corrected chi connectivity index (χ4v) is 2.60. The number of nitrogens with zero attached hydrogens (tertiary/aromatic N) is 1. The summed E-state index contributed by atoms with van der Waals surface area (Å²) in [5.41, 5.74) is -1.66. The van der Waals surface area contributed by atoms with Crippen LogP contribution >= 0.6 is 0 Å². The topological polar surface area (TPSA) is 72.2 Å². The van der Waals surface area contributed by atoms with Crippen LogP contribution in [0.3, 0.4) is 0 Å². The Labute approximate surface area is 120 Å². The molecule has 1 aliphatic carbocycles. The molecule has 0 aliphatic heterocycles. The number of carbonyl (C=O) groups is 1. The van der Waals surface area contributed by atoms with Gasteiger partial charge in [0.15, 0.2) is 0 Å². The minimum atomic E-state index is -1.30. The lowest BCUT2D eigenvalue weighted by Crippen LogP contribution is -2.31. The van der Waals surface area contributed by atoms with Crippen molar-refractivity contribution in [2.24, 2.45) is 5.92 Å². The lowest BCUT2D eigenvalue weighted by Gasteiger charge is -2.21. The number of amides is 1. The summed E-state index contributed by atoms with van der Waals surface area (Å²) in [5.74, 6) is -2.80. The Morgan fingerprint density at radius 3 is 2.57 bits per heavy atom. The van der Waals surface area contributed by atoms with Crippen molar-refractivity contribution in [1.29, 1.82) is 0 Å². The van der Waals surface area contributed by atoms with Gasteiger partial charge >= 0.3 is 5.69 Å². The maximum Gasteiger partial charge on any atom is 0.308 e. The molecule has 0 spiro atoms. The summed E-state index contributed by atoms with van der Waals surface area (Å²) < 4.78 is 27.1. The summed E-state index contributed by atoms with van der Waals surface area (Å²) in [5, 5.41) is 13.2. The van der Waals surface area contributed by atoms with Crippen molar-refractivity contribution in [3.8, 4) is 0 Å². The van der Waals surface area contributed by atoms with Crippen LogP contribution < -0.4 is 5.32 Å². The fraction of sp³-hybridized carbons (Fsp3) is 0.500. The molecule has 1 aliphatic rings. The Hall–Kier alpha value is -2.05. The highest BCUT2D eigenvalue weighted by Crippen LogP contribution is 2.24. The standard InChI is InChI=1S/C14H16F2N2O3/c15-10-6-11(13(16)12(7-10)18(20)21)14(19)17-8-9-4-2-1-3-5-9/h6-7,9H,1-5,8H2,(H,17,19). The lowest BCUT2D eigenvalue weighted by molar-refractivity contribution is -0.387. The summed E-state index contributed by atoms with van der Waals surface area (Å²) in [6, 6.07) is 1.14. The van der Waals surface area contributed by atoms with Crippen LogP contribution in [0.4, 0.5) is 14.5 Å². The third-order valence-electron chi connectivity index (χ3n) is 3.74. The molecule has 0 atom stereocenters. The summed E-state index contributed by atoms with van der Waals surface area (Å²) in [7, 11) is 0. The van der Waals surface area contributed by atoms with Crippen LogP contribution in [-0.4, -0.2) is 17.4 Å². The Morgan fingerprint density at radius 2 is 1.95 bits per heavy atom. The van der Waals surface area contributed by atoms with Gasteiger partial charge in [-0.15, -0.1) is 0 Å². The van der Waals surface area contributed by atoms with E-state index in [1.807, 2.05) is 0 Å². The first-order valence-electron chi connectivity index (χ1n) is 6.90. The van der Waals surface area contributed by atoms with E-state index in [9.17, 15) is 23.7 Å². The Kier molecular flexibility index (Phi) is 4.82. The molecule has 5 nitrogen and oxygen atoms in total. The fourth-order valence-electron chi connectivity index (χ4n) is 2.60. The molecule has 0 aromatic heterocycles. The van der Waals surface area contributed by atoms with Gasteiger partial charge in [-0.25, -0.2) is 4.39 Å². The van der Waals surface area contributed by atoms with Gasteiger partial charge in [-0.3, -0.25) is 14.9 Å². The van der Waals surface area contributed by atoms with Gasteiger partial charge in [-0.2, -0.15) is 4.39 Å². The first kappa shape index (κ1) is 15.3. The maximum atomic E-state index is 13.9. The molecule has 0 heterocycles. The number of hydrogen-bond acceptors (Lipinski definition) is 3. The van der Waals surface area contributed by atoms with E-state index >= 15 is 0 Å². The average Bonchev–Trinajstić information content (AvgIpc) is 2.47. The highest BCUT2D eigenvalue weighted by molar-refractivity contribution is 5.95. The molecule has 1 aromatic rings. The lowest BCUT2D eigenvalue weighted by atomic mass is 9.89. The highest BCUT2D eigenvalue weighted by atomic mass is 19.1. The van der Waals surface area contributed by atoms with E-state index in [1.165, 1.54) is 6.42 Å². The zero-order valence-electron chi connectivity index (χ0n) is 11.4. The van der Waals surface area contributed by atoms with Crippen molar-refractivity contribution >= 4 is 11.6 Å². The second-order valence-electron chi connectivity index (χ2n) is 5.26. The molecule has 114 valence electrons. The van der Waals surface area contributed by atoms with Crippen molar-refractivity contribution in [3.63, 3.8) is 0 Å². The molecule has 0 unspecified atom stereocenters. The molecule has 2 rings (SSSR count). The van der Waals surface area contributed by atoms with Crippen molar-refractivity contribution in [1.82, 2.24) is 5.32 Å². The third-order valence-corrected chi connectivity index (χ3v) is 3.74. The highest BCUT2D eigenvalue weighted by Gasteiger charge is 2.24. The van der Waals surface area contributed by atoms with Crippen LogP contribution in [0.2, 0.25) is 0 Å². The quantitative estimate of drug-likeness (QED) is 0.685. The number of rotatable bonds is 4. The van der Waals surface area contributed by atoms with E-state index in [0.717, 1.165) is 25.7 Å². The molecule has 7 heteroatoms. The van der Waals surface area contributed by atoms with Crippen LogP contribution in [0.15, 0.2) is 12.1 Å². The van der Waals surface area contributed by atoms with E-state index in [4.69, 9.17) is 0 Å². The molecule has 21 heavy (non-hydrogen) atoms.